The van der Waals surface area contributed by atoms with Crippen LogP contribution in [0.25, 0.3) is 10.2 Å². The number of fused-ring (bicyclic) bond motifs is 1. The maximum Gasteiger partial charge on any atom is 0.231 e. The fourth-order valence-electron chi connectivity index (χ4n) is 4.53. The summed E-state index contributed by atoms with van der Waals surface area (Å²) in [5, 5.41) is 0.815. The minimum absolute atomic E-state index is 0.136. The van der Waals surface area contributed by atoms with E-state index in [0.29, 0.717) is 6.54 Å². The normalized spacial score (nSPS) is 18.6. The van der Waals surface area contributed by atoms with Crippen molar-refractivity contribution >= 4 is 32.6 Å². The number of carbonyl (C=O) groups excluding carboxylic acids is 1. The molecule has 0 bridgehead atoms. The monoisotopic (exact) mass is 431 g/mol. The van der Waals surface area contributed by atoms with Gasteiger partial charge >= 0.3 is 0 Å². The first kappa shape index (κ1) is 21.5. The van der Waals surface area contributed by atoms with Crippen molar-refractivity contribution in [2.75, 3.05) is 51.4 Å². The fraction of sp³-hybridized carbons (Fsp3) is 0.652. The van der Waals surface area contributed by atoms with E-state index in [1.807, 2.05) is 11.0 Å². The highest BCUT2D eigenvalue weighted by Gasteiger charge is 2.29. The number of rotatable bonds is 7. The lowest BCUT2D eigenvalue weighted by molar-refractivity contribution is -0.123. The highest BCUT2D eigenvalue weighted by Crippen LogP contribution is 2.37. The first-order valence-electron chi connectivity index (χ1n) is 11.2. The molecule has 1 aromatic heterocycles. The van der Waals surface area contributed by atoms with Crippen molar-refractivity contribution in [1.82, 2.24) is 9.88 Å². The Labute approximate surface area is 183 Å². The molecule has 1 amide bonds. The number of benzene rings is 1. The third-order valence-electron chi connectivity index (χ3n) is 6.32. The van der Waals surface area contributed by atoms with Crippen LogP contribution in [0.1, 0.15) is 44.1 Å². The maximum atomic E-state index is 13.5. The van der Waals surface area contributed by atoms with Crippen molar-refractivity contribution in [1.29, 1.82) is 0 Å². The molecule has 2 aliphatic rings. The smallest absolute Gasteiger partial charge is 0.231 e. The van der Waals surface area contributed by atoms with Gasteiger partial charge in [0, 0.05) is 32.1 Å². The highest BCUT2D eigenvalue weighted by atomic mass is 32.1. The Bertz CT molecular complexity index is 857. The predicted molar refractivity (Wildman–Crippen MR) is 122 cm³/mol. The Kier molecular flexibility index (Phi) is 7.23. The van der Waals surface area contributed by atoms with Crippen molar-refractivity contribution < 1.29 is 14.3 Å². The first-order chi connectivity index (χ1) is 14.7. The van der Waals surface area contributed by atoms with Gasteiger partial charge in [-0.15, -0.1) is 0 Å². The third-order valence-corrected chi connectivity index (χ3v) is 7.54. The van der Waals surface area contributed by atoms with E-state index in [4.69, 9.17) is 14.5 Å². The van der Waals surface area contributed by atoms with Crippen LogP contribution in [0.2, 0.25) is 0 Å². The lowest BCUT2D eigenvalue weighted by atomic mass is 9.88. The van der Waals surface area contributed by atoms with Gasteiger partial charge in [-0.25, -0.2) is 4.98 Å². The maximum absolute atomic E-state index is 13.5. The van der Waals surface area contributed by atoms with Gasteiger partial charge in [-0.05, 0) is 37.8 Å². The van der Waals surface area contributed by atoms with Gasteiger partial charge in [-0.2, -0.15) is 0 Å². The van der Waals surface area contributed by atoms with Crippen molar-refractivity contribution in [3.8, 4) is 5.75 Å². The Morgan fingerprint density at radius 2 is 2.03 bits per heavy atom. The molecule has 0 spiro atoms. The second-order valence-electron chi connectivity index (χ2n) is 8.39. The van der Waals surface area contributed by atoms with E-state index in [1.54, 1.807) is 18.4 Å². The van der Waals surface area contributed by atoms with Crippen molar-refractivity contribution in [2.24, 2.45) is 5.92 Å². The summed E-state index contributed by atoms with van der Waals surface area (Å²) in [7, 11) is 1.68. The molecular formula is C23H33N3O3S. The van der Waals surface area contributed by atoms with E-state index in [2.05, 4.69) is 17.9 Å². The highest BCUT2D eigenvalue weighted by molar-refractivity contribution is 7.22. The largest absolute Gasteiger partial charge is 0.494 e. The van der Waals surface area contributed by atoms with Crippen LogP contribution in [0, 0.1) is 12.8 Å². The minimum atomic E-state index is 0.136. The Morgan fingerprint density at radius 3 is 2.77 bits per heavy atom. The molecule has 1 saturated heterocycles. The summed E-state index contributed by atoms with van der Waals surface area (Å²) in [5.74, 6) is 1.17. The van der Waals surface area contributed by atoms with Crippen LogP contribution in [0.15, 0.2) is 12.1 Å². The zero-order valence-electron chi connectivity index (χ0n) is 18.2. The van der Waals surface area contributed by atoms with E-state index in [-0.39, 0.29) is 11.8 Å². The van der Waals surface area contributed by atoms with Crippen molar-refractivity contribution in [3.63, 3.8) is 0 Å². The average Bonchev–Trinajstić information content (AvgIpc) is 3.24. The molecule has 0 unspecified atom stereocenters. The van der Waals surface area contributed by atoms with E-state index in [9.17, 15) is 4.79 Å². The Balaban J connectivity index is 1.56. The predicted octanol–water partition coefficient (Wildman–Crippen LogP) is 4.25. The second-order valence-corrected chi connectivity index (χ2v) is 9.37. The van der Waals surface area contributed by atoms with Crippen molar-refractivity contribution in [3.05, 3.63) is 17.7 Å². The van der Waals surface area contributed by atoms with Crippen LogP contribution in [0.4, 0.5) is 5.13 Å². The van der Waals surface area contributed by atoms with Gasteiger partial charge in [0.25, 0.3) is 0 Å². The van der Waals surface area contributed by atoms with Gasteiger partial charge in [0.1, 0.15) is 11.3 Å². The topological polar surface area (TPSA) is 54.9 Å². The minimum Gasteiger partial charge on any atom is -0.494 e. The summed E-state index contributed by atoms with van der Waals surface area (Å²) in [6, 6.07) is 4.03. The van der Waals surface area contributed by atoms with Gasteiger partial charge in [0.15, 0.2) is 5.13 Å². The molecule has 1 aliphatic carbocycles. The Morgan fingerprint density at radius 1 is 1.27 bits per heavy atom. The van der Waals surface area contributed by atoms with Gasteiger partial charge in [0.2, 0.25) is 5.91 Å². The van der Waals surface area contributed by atoms with Crippen LogP contribution >= 0.6 is 11.3 Å². The van der Waals surface area contributed by atoms with Crippen LogP contribution in [0.5, 0.6) is 5.75 Å². The second kappa shape index (κ2) is 10.1. The van der Waals surface area contributed by atoms with Gasteiger partial charge in [-0.1, -0.05) is 36.7 Å². The van der Waals surface area contributed by atoms with Crippen molar-refractivity contribution in [2.45, 2.75) is 45.4 Å². The number of thiazole rings is 1. The number of nitrogens with zero attached hydrogens (tertiary/aromatic N) is 3. The quantitative estimate of drug-likeness (QED) is 0.656. The summed E-state index contributed by atoms with van der Waals surface area (Å²) < 4.78 is 12.1. The van der Waals surface area contributed by atoms with E-state index < -0.39 is 0 Å². The number of methoxy groups -OCH3 is 1. The van der Waals surface area contributed by atoms with E-state index in [0.717, 1.165) is 86.0 Å². The van der Waals surface area contributed by atoms with Crippen LogP contribution in [0.3, 0.4) is 0 Å². The molecule has 1 aromatic carbocycles. The number of aryl methyl sites for hydroxylation is 1. The summed E-state index contributed by atoms with van der Waals surface area (Å²) in [6.07, 6.45) is 6.52. The SMILES string of the molecule is COc1ccc(C)c2sc(N(CCCN3CCOCC3)C(=O)C3CCCCC3)nc12. The molecule has 0 N–H and O–H groups in total. The molecule has 1 aliphatic heterocycles. The van der Waals surface area contributed by atoms with Crippen LogP contribution in [-0.4, -0.2) is 62.3 Å². The number of aromatic nitrogens is 1. The lowest BCUT2D eigenvalue weighted by Gasteiger charge is -2.30. The first-order valence-corrected chi connectivity index (χ1v) is 12.0. The molecule has 0 radical (unpaired) electrons. The molecule has 2 fully saturated rings. The molecular weight excluding hydrogens is 398 g/mol. The zero-order chi connectivity index (χ0) is 20.9. The molecule has 30 heavy (non-hydrogen) atoms. The number of amides is 1. The molecule has 1 saturated carbocycles. The Hall–Kier alpha value is -1.70. The summed E-state index contributed by atoms with van der Waals surface area (Å²) in [6.45, 7) is 7.37. The number of anilines is 1. The molecule has 2 aromatic rings. The number of morpholine rings is 1. The number of hydrogen-bond donors (Lipinski definition) is 0. The van der Waals surface area contributed by atoms with Gasteiger partial charge < -0.3 is 9.47 Å². The zero-order valence-corrected chi connectivity index (χ0v) is 19.0. The third kappa shape index (κ3) is 4.79. The molecule has 6 nitrogen and oxygen atoms in total. The lowest BCUT2D eigenvalue weighted by Crippen LogP contribution is -2.41. The van der Waals surface area contributed by atoms with Gasteiger partial charge in [-0.3, -0.25) is 14.6 Å². The number of carbonyl (C=O) groups is 1. The van der Waals surface area contributed by atoms with E-state index >= 15 is 0 Å². The standard InChI is InChI=1S/C23H33N3O3S/c1-17-9-10-19(28-2)20-21(17)30-23(24-20)26(22(27)18-7-4-3-5-8-18)12-6-11-25-13-15-29-16-14-25/h9-10,18H,3-8,11-16H2,1-2H3. The molecule has 164 valence electrons. The van der Waals surface area contributed by atoms with Gasteiger partial charge in [0.05, 0.1) is 25.0 Å². The fourth-order valence-corrected chi connectivity index (χ4v) is 5.61. The number of hydrogen-bond acceptors (Lipinski definition) is 6. The molecule has 4 rings (SSSR count). The van der Waals surface area contributed by atoms with Crippen LogP contribution in [-0.2, 0) is 9.53 Å². The van der Waals surface area contributed by atoms with E-state index in [1.165, 1.54) is 12.0 Å². The summed E-state index contributed by atoms with van der Waals surface area (Å²) >= 11 is 1.62. The summed E-state index contributed by atoms with van der Waals surface area (Å²) in [5.41, 5.74) is 2.04. The van der Waals surface area contributed by atoms with Crippen LogP contribution < -0.4 is 9.64 Å². The number of ether oxygens (including phenoxy) is 2. The molecule has 7 heteroatoms. The summed E-state index contributed by atoms with van der Waals surface area (Å²) in [4.78, 5) is 22.8. The average molecular weight is 432 g/mol. The molecule has 2 heterocycles. The molecule has 0 atom stereocenters.